The van der Waals surface area contributed by atoms with Crippen molar-refractivity contribution in [3.8, 4) is 11.4 Å². The van der Waals surface area contributed by atoms with Gasteiger partial charge in [0.15, 0.2) is 17.0 Å². The van der Waals surface area contributed by atoms with Crippen LogP contribution in [0.4, 0.5) is 5.69 Å². The van der Waals surface area contributed by atoms with Gasteiger partial charge in [-0.3, -0.25) is 24.2 Å². The molecule has 1 amide bonds. The summed E-state index contributed by atoms with van der Waals surface area (Å²) >= 11 is 0. The van der Waals surface area contributed by atoms with E-state index < -0.39 is 11.2 Å². The van der Waals surface area contributed by atoms with Crippen molar-refractivity contribution in [3.05, 3.63) is 56.8 Å². The molecule has 0 radical (unpaired) electrons. The summed E-state index contributed by atoms with van der Waals surface area (Å²) in [6, 6.07) is 7.34. The highest BCUT2D eigenvalue weighted by molar-refractivity contribution is 5.91. The smallest absolute Gasteiger partial charge is 0.326 e. The van der Waals surface area contributed by atoms with E-state index in [0.29, 0.717) is 53.8 Å². The molecule has 3 aromatic heterocycles. The molecule has 0 bridgehead atoms. The van der Waals surface area contributed by atoms with E-state index in [0.717, 1.165) is 18.4 Å². The van der Waals surface area contributed by atoms with Gasteiger partial charge in [0.25, 0.3) is 5.56 Å². The third-order valence-corrected chi connectivity index (χ3v) is 5.83. The average molecular weight is 493 g/mol. The summed E-state index contributed by atoms with van der Waals surface area (Å²) in [5.74, 6) is 1.94. The normalized spacial score (nSPS) is 11.5. The summed E-state index contributed by atoms with van der Waals surface area (Å²) in [6.07, 6.45) is 2.20. The monoisotopic (exact) mass is 492 g/mol. The number of imidazole rings is 1. The van der Waals surface area contributed by atoms with Gasteiger partial charge in [0, 0.05) is 37.2 Å². The Kier molecular flexibility index (Phi) is 7.47. The first-order valence-electron chi connectivity index (χ1n) is 12.3. The summed E-state index contributed by atoms with van der Waals surface area (Å²) in [4.78, 5) is 49.5. The van der Waals surface area contributed by atoms with Gasteiger partial charge in [-0.25, -0.2) is 14.8 Å². The Morgan fingerprint density at radius 2 is 1.97 bits per heavy atom. The number of benzene rings is 1. The van der Waals surface area contributed by atoms with E-state index in [1.165, 1.54) is 4.57 Å². The molecule has 0 saturated carbocycles. The maximum Gasteiger partial charge on any atom is 0.330 e. The van der Waals surface area contributed by atoms with Crippen LogP contribution in [0.2, 0.25) is 0 Å². The first-order chi connectivity index (χ1) is 17.3. The van der Waals surface area contributed by atoms with Crippen molar-refractivity contribution < 1.29 is 4.79 Å². The fraction of sp³-hybridized carbons (Fsp3) is 0.440. The SMILES string of the molecule is CCCCn1c(=O)[nH]c(=O)c2c1nc(CCC(=O)Nc1cccc(-c3n[nH]c(C)n3)c1)n2CC(C)C. The van der Waals surface area contributed by atoms with E-state index in [1.807, 2.05) is 50.5 Å². The van der Waals surface area contributed by atoms with Gasteiger partial charge in [0.05, 0.1) is 0 Å². The van der Waals surface area contributed by atoms with Crippen LogP contribution in [0.25, 0.3) is 22.6 Å². The summed E-state index contributed by atoms with van der Waals surface area (Å²) in [5.41, 5.74) is 1.28. The lowest BCUT2D eigenvalue weighted by atomic mass is 10.2. The van der Waals surface area contributed by atoms with Gasteiger partial charge in [-0.05, 0) is 31.4 Å². The van der Waals surface area contributed by atoms with E-state index >= 15 is 0 Å². The van der Waals surface area contributed by atoms with Crippen LogP contribution in [0, 0.1) is 12.8 Å². The molecule has 0 spiro atoms. The van der Waals surface area contributed by atoms with E-state index in [1.54, 1.807) is 6.07 Å². The zero-order chi connectivity index (χ0) is 25.8. The molecule has 3 heterocycles. The molecule has 0 unspecified atom stereocenters. The van der Waals surface area contributed by atoms with E-state index in [2.05, 4.69) is 30.5 Å². The minimum absolute atomic E-state index is 0.169. The van der Waals surface area contributed by atoms with Gasteiger partial charge in [0.1, 0.15) is 11.6 Å². The Balaban J connectivity index is 1.57. The van der Waals surface area contributed by atoms with Crippen molar-refractivity contribution in [2.75, 3.05) is 5.32 Å². The Hall–Kier alpha value is -4.02. The van der Waals surface area contributed by atoms with Gasteiger partial charge in [-0.2, -0.15) is 5.10 Å². The number of aryl methyl sites for hydroxylation is 3. The number of anilines is 1. The van der Waals surface area contributed by atoms with Crippen molar-refractivity contribution in [3.63, 3.8) is 0 Å². The summed E-state index contributed by atoms with van der Waals surface area (Å²) in [7, 11) is 0. The largest absolute Gasteiger partial charge is 0.330 e. The summed E-state index contributed by atoms with van der Waals surface area (Å²) in [5, 5.41) is 9.90. The number of aromatic amines is 2. The third-order valence-electron chi connectivity index (χ3n) is 5.83. The average Bonchev–Trinajstić information content (AvgIpc) is 3.41. The molecule has 36 heavy (non-hydrogen) atoms. The fourth-order valence-corrected chi connectivity index (χ4v) is 4.15. The number of carbonyl (C=O) groups is 1. The van der Waals surface area contributed by atoms with Crippen LogP contribution in [0.1, 0.15) is 51.7 Å². The summed E-state index contributed by atoms with van der Waals surface area (Å²) in [6.45, 7) is 8.99. The number of rotatable bonds is 10. The van der Waals surface area contributed by atoms with Crippen molar-refractivity contribution in [2.45, 2.75) is 66.5 Å². The Morgan fingerprint density at radius 3 is 2.67 bits per heavy atom. The predicted molar refractivity (Wildman–Crippen MR) is 138 cm³/mol. The Morgan fingerprint density at radius 1 is 1.17 bits per heavy atom. The molecule has 0 saturated heterocycles. The molecule has 0 aliphatic rings. The van der Waals surface area contributed by atoms with Crippen molar-refractivity contribution >= 4 is 22.8 Å². The van der Waals surface area contributed by atoms with Crippen LogP contribution in [0.3, 0.4) is 0 Å². The fourth-order valence-electron chi connectivity index (χ4n) is 4.15. The molecule has 0 aliphatic carbocycles. The highest BCUT2D eigenvalue weighted by Crippen LogP contribution is 2.20. The minimum atomic E-state index is -0.457. The lowest BCUT2D eigenvalue weighted by Gasteiger charge is -2.12. The highest BCUT2D eigenvalue weighted by Gasteiger charge is 2.20. The molecular formula is C25H32N8O3. The number of nitrogens with one attached hydrogen (secondary N) is 3. The molecule has 3 N–H and O–H groups in total. The molecule has 0 atom stereocenters. The van der Waals surface area contributed by atoms with Gasteiger partial charge in [0.2, 0.25) is 5.91 Å². The van der Waals surface area contributed by atoms with Crippen LogP contribution in [0.5, 0.6) is 0 Å². The first kappa shape index (κ1) is 25.1. The number of aromatic nitrogens is 7. The number of hydrogen-bond donors (Lipinski definition) is 3. The lowest BCUT2D eigenvalue weighted by molar-refractivity contribution is -0.116. The first-order valence-corrected chi connectivity index (χ1v) is 12.3. The molecule has 11 nitrogen and oxygen atoms in total. The van der Waals surface area contributed by atoms with Crippen LogP contribution in [-0.4, -0.2) is 40.2 Å². The van der Waals surface area contributed by atoms with E-state index in [4.69, 9.17) is 0 Å². The maximum atomic E-state index is 12.8. The number of nitrogens with zero attached hydrogens (tertiary/aromatic N) is 5. The van der Waals surface area contributed by atoms with Gasteiger partial charge >= 0.3 is 5.69 Å². The third kappa shape index (κ3) is 5.45. The Labute approximate surface area is 208 Å². The van der Waals surface area contributed by atoms with E-state index in [9.17, 15) is 14.4 Å². The molecule has 4 rings (SSSR count). The van der Waals surface area contributed by atoms with Crippen molar-refractivity contribution in [1.29, 1.82) is 0 Å². The van der Waals surface area contributed by atoms with Gasteiger partial charge in [-0.15, -0.1) is 0 Å². The van der Waals surface area contributed by atoms with Crippen molar-refractivity contribution in [1.82, 2.24) is 34.3 Å². The number of carbonyl (C=O) groups excluding carboxylic acids is 1. The Bertz CT molecular complexity index is 1490. The highest BCUT2D eigenvalue weighted by atomic mass is 16.2. The van der Waals surface area contributed by atoms with Crippen LogP contribution in [0.15, 0.2) is 33.9 Å². The van der Waals surface area contributed by atoms with Crippen LogP contribution in [-0.2, 0) is 24.3 Å². The number of amides is 1. The second-order valence-electron chi connectivity index (χ2n) is 9.34. The number of H-pyrrole nitrogens is 2. The lowest BCUT2D eigenvalue weighted by Crippen LogP contribution is -2.31. The second-order valence-corrected chi connectivity index (χ2v) is 9.34. The van der Waals surface area contributed by atoms with Gasteiger partial charge < -0.3 is 9.88 Å². The standard InChI is InChI=1S/C25H32N8O3/c1-5-6-12-32-23-21(24(35)29-25(32)36)33(14-15(2)3)19(28-23)10-11-20(34)27-18-9-7-8-17(13-18)22-26-16(4)30-31-22/h7-9,13,15H,5-6,10-12,14H2,1-4H3,(H,27,34)(H,26,30,31)(H,29,35,36). The number of unbranched alkanes of at least 4 members (excludes halogenated alkanes) is 1. The topological polar surface area (TPSA) is 143 Å². The molecule has 1 aromatic carbocycles. The molecule has 4 aromatic rings. The molecule has 11 heteroatoms. The zero-order valence-electron chi connectivity index (χ0n) is 21.1. The second kappa shape index (κ2) is 10.7. The van der Waals surface area contributed by atoms with Crippen LogP contribution < -0.4 is 16.6 Å². The number of fused-ring (bicyclic) bond motifs is 1. The summed E-state index contributed by atoms with van der Waals surface area (Å²) < 4.78 is 3.37. The quantitative estimate of drug-likeness (QED) is 0.310. The molecule has 190 valence electrons. The predicted octanol–water partition coefficient (Wildman–Crippen LogP) is 3.01. The maximum absolute atomic E-state index is 12.8. The molecular weight excluding hydrogens is 460 g/mol. The zero-order valence-corrected chi connectivity index (χ0v) is 21.1. The van der Waals surface area contributed by atoms with Crippen molar-refractivity contribution in [2.24, 2.45) is 5.92 Å². The molecule has 0 aliphatic heterocycles. The van der Waals surface area contributed by atoms with Gasteiger partial charge in [-0.1, -0.05) is 39.3 Å². The van der Waals surface area contributed by atoms with E-state index in [-0.39, 0.29) is 18.2 Å². The minimum Gasteiger partial charge on any atom is -0.326 e. The molecule has 0 fully saturated rings. The van der Waals surface area contributed by atoms with Crippen LogP contribution >= 0.6 is 0 Å². The number of hydrogen-bond acceptors (Lipinski definition) is 6.